The molecular weight excluding hydrogens is 845 g/mol. The Bertz CT molecular complexity index is 2420. The predicted molar refractivity (Wildman–Crippen MR) is 242 cm³/mol. The van der Waals surface area contributed by atoms with E-state index in [0.717, 1.165) is 49.9 Å². The maximum absolute atomic E-state index is 13.7. The third kappa shape index (κ3) is 10.8. The highest BCUT2D eigenvalue weighted by Gasteiger charge is 2.47. The second kappa shape index (κ2) is 21.1. The zero-order valence-electron chi connectivity index (χ0n) is 36.0. The Labute approximate surface area is 376 Å². The lowest BCUT2D eigenvalue weighted by molar-refractivity contribution is 0.0882. The first-order valence-electron chi connectivity index (χ1n) is 21.4. The van der Waals surface area contributed by atoms with Gasteiger partial charge in [-0.3, -0.25) is 19.2 Å². The van der Waals surface area contributed by atoms with Gasteiger partial charge >= 0.3 is 6.03 Å². The average Bonchev–Trinajstić information content (AvgIpc) is 3.27. The van der Waals surface area contributed by atoms with Crippen LogP contribution < -0.4 is 37.6 Å². The normalized spacial score (nSPS) is 16.8. The number of likely N-dealkylation sites (tertiary alicyclic amines) is 1. The zero-order chi connectivity index (χ0) is 46.3. The highest BCUT2D eigenvalue weighted by atomic mass is 19.1. The number of nitrogens with zero attached hydrogens (tertiary/aromatic N) is 3. The Morgan fingerprint density at radius 1 is 0.662 bits per heavy atom. The summed E-state index contributed by atoms with van der Waals surface area (Å²) in [6, 6.07) is 16.7. The Morgan fingerprint density at radius 2 is 1.11 bits per heavy atom. The van der Waals surface area contributed by atoms with Crippen molar-refractivity contribution in [2.75, 3.05) is 49.1 Å². The van der Waals surface area contributed by atoms with Gasteiger partial charge in [0.2, 0.25) is 0 Å². The molecule has 4 heterocycles. The Kier molecular flexibility index (Phi) is 16.1. The van der Waals surface area contributed by atoms with Gasteiger partial charge in [0, 0.05) is 80.2 Å². The number of ketones is 2. The van der Waals surface area contributed by atoms with Crippen LogP contribution in [0.3, 0.4) is 0 Å². The molecule has 4 aromatic carbocycles. The molecule has 348 valence electrons. The van der Waals surface area contributed by atoms with Crippen molar-refractivity contribution >= 4 is 40.8 Å². The molecule has 0 aliphatic carbocycles. The second-order valence-electron chi connectivity index (χ2n) is 16.4. The van der Waals surface area contributed by atoms with Crippen molar-refractivity contribution in [1.82, 2.24) is 15.5 Å². The summed E-state index contributed by atoms with van der Waals surface area (Å²) in [5.74, 6) is -3.70. The van der Waals surface area contributed by atoms with E-state index < -0.39 is 34.8 Å². The molecule has 0 radical (unpaired) electrons. The van der Waals surface area contributed by atoms with Crippen LogP contribution in [0.25, 0.3) is 0 Å². The van der Waals surface area contributed by atoms with E-state index in [0.29, 0.717) is 61.2 Å². The number of nitrogens with one attached hydrogen (secondary N) is 2. The van der Waals surface area contributed by atoms with Gasteiger partial charge in [0.15, 0.2) is 11.6 Å². The molecule has 4 aromatic rings. The van der Waals surface area contributed by atoms with Crippen LogP contribution in [0.2, 0.25) is 0 Å². The van der Waals surface area contributed by atoms with Gasteiger partial charge in [-0.15, -0.1) is 0 Å². The van der Waals surface area contributed by atoms with Crippen LogP contribution in [0.1, 0.15) is 112 Å². The molecular formula is C48H58F4N8O5. The molecule has 0 aromatic heterocycles. The third-order valence-corrected chi connectivity index (χ3v) is 12.6. The van der Waals surface area contributed by atoms with E-state index in [2.05, 4.69) is 27.4 Å². The average molecular weight is 903 g/mol. The number of rotatable bonds is 7. The maximum atomic E-state index is 13.7. The van der Waals surface area contributed by atoms with Crippen molar-refractivity contribution in [1.29, 1.82) is 0 Å². The number of Topliss-reactive ketones (excluding diaryl/α,β-unsaturated/α-hetero) is 2. The number of anilines is 2. The minimum atomic E-state index is -0.867. The van der Waals surface area contributed by atoms with Crippen molar-refractivity contribution in [3.8, 4) is 0 Å². The number of amides is 4. The topological polar surface area (TPSA) is 197 Å². The molecule has 4 amide bonds. The van der Waals surface area contributed by atoms with Crippen LogP contribution in [0.4, 0.5) is 33.7 Å². The number of benzene rings is 4. The number of hydrogen-bond donors (Lipinski definition) is 5. The Morgan fingerprint density at radius 3 is 1.55 bits per heavy atom. The van der Waals surface area contributed by atoms with Crippen LogP contribution in [0, 0.1) is 23.3 Å². The van der Waals surface area contributed by atoms with Gasteiger partial charge in [-0.1, -0.05) is 19.6 Å². The van der Waals surface area contributed by atoms with Crippen LogP contribution >= 0.6 is 0 Å². The van der Waals surface area contributed by atoms with E-state index in [4.69, 9.17) is 17.2 Å². The maximum Gasteiger partial charge on any atom is 0.317 e. The lowest BCUT2D eigenvalue weighted by Crippen LogP contribution is -2.60. The molecule has 2 spiro atoms. The molecule has 8 rings (SSSR count). The standard InChI is InChI=1S/C24H26F2N4O3.C15H19FN2O.C8H9FN2O.CH4/c1-2-30-20-6-4-16(25)12-18(20)21(31)13-24(30)7-9-29(10-8-24)23(33)28-14-15-3-5-19(26)17(11-15)22(27)32;1-2-18-13-4-3-11(16)9-12(13)14(19)10-15(18)5-7-17-8-6-15;9-7-2-1-5(4-10)3-6(7)8(11)12;/h3-6,11-12H,2,7-10,13-14H2,1H3,(H2,27,32)(H,28,33);3-4,9,17H,2,5-8,10H2,1H3;1-3H,4,10H2,(H2,11,12);1H4. The number of primary amides is 2. The molecule has 0 saturated carbocycles. The first-order valence-corrected chi connectivity index (χ1v) is 21.4. The van der Waals surface area contributed by atoms with Crippen LogP contribution in [0.5, 0.6) is 0 Å². The molecule has 2 saturated heterocycles. The number of carbonyl (C=O) groups excluding carboxylic acids is 5. The number of hydrogen-bond acceptors (Lipinski definition) is 9. The van der Waals surface area contributed by atoms with Gasteiger partial charge in [-0.05, 0) is 124 Å². The second-order valence-corrected chi connectivity index (χ2v) is 16.4. The van der Waals surface area contributed by atoms with E-state index in [1.165, 1.54) is 54.6 Å². The Balaban J connectivity index is 0.000000208. The number of fused-ring (bicyclic) bond motifs is 2. The van der Waals surface area contributed by atoms with Gasteiger partial charge in [0.1, 0.15) is 23.3 Å². The van der Waals surface area contributed by atoms with Gasteiger partial charge in [-0.2, -0.15) is 0 Å². The summed E-state index contributed by atoms with van der Waals surface area (Å²) in [6.45, 7) is 8.83. The van der Waals surface area contributed by atoms with Crippen molar-refractivity contribution in [2.24, 2.45) is 17.2 Å². The fourth-order valence-corrected chi connectivity index (χ4v) is 9.40. The number of urea groups is 1. The summed E-state index contributed by atoms with van der Waals surface area (Å²) in [5, 5.41) is 6.14. The molecule has 4 aliphatic rings. The zero-order valence-corrected chi connectivity index (χ0v) is 36.0. The van der Waals surface area contributed by atoms with Gasteiger partial charge in [-0.25, -0.2) is 22.4 Å². The first kappa shape index (κ1) is 49.7. The smallest absolute Gasteiger partial charge is 0.317 e. The fourth-order valence-electron chi connectivity index (χ4n) is 9.40. The van der Waals surface area contributed by atoms with Crippen molar-refractivity contribution in [3.63, 3.8) is 0 Å². The van der Waals surface area contributed by atoms with Crippen molar-refractivity contribution < 1.29 is 41.5 Å². The van der Waals surface area contributed by atoms with Gasteiger partial charge in [0.05, 0.1) is 16.7 Å². The molecule has 2 fully saturated rings. The predicted octanol–water partition coefficient (Wildman–Crippen LogP) is 6.60. The van der Waals surface area contributed by atoms with Gasteiger partial charge in [0.25, 0.3) is 11.8 Å². The van der Waals surface area contributed by atoms with Crippen LogP contribution in [-0.2, 0) is 13.1 Å². The monoisotopic (exact) mass is 902 g/mol. The molecule has 0 unspecified atom stereocenters. The minimum Gasteiger partial charge on any atom is -0.366 e. The molecule has 13 nitrogen and oxygen atoms in total. The van der Waals surface area contributed by atoms with Gasteiger partial charge < -0.3 is 42.5 Å². The summed E-state index contributed by atoms with van der Waals surface area (Å²) in [5.41, 5.74) is 18.4. The largest absolute Gasteiger partial charge is 0.366 e. The molecule has 0 bridgehead atoms. The third-order valence-electron chi connectivity index (χ3n) is 12.6. The number of piperidine rings is 2. The van der Waals surface area contributed by atoms with Crippen molar-refractivity contribution in [3.05, 3.63) is 129 Å². The summed E-state index contributed by atoms with van der Waals surface area (Å²) >= 11 is 0. The lowest BCUT2D eigenvalue weighted by Gasteiger charge is -2.52. The quantitative estimate of drug-likeness (QED) is 0.127. The SMILES string of the molecule is C.CCN1c2ccc(F)cc2C(=O)CC12CCN(C(=O)NCc1ccc(F)c(C(N)=O)c1)CC2.CCN1c2ccc(F)cc2C(=O)CC12CCNCC2.NCc1ccc(F)c(C(N)=O)c1. The highest BCUT2D eigenvalue weighted by molar-refractivity contribution is 6.05. The van der Waals surface area contributed by atoms with E-state index in [1.807, 2.05) is 6.92 Å². The lowest BCUT2D eigenvalue weighted by atomic mass is 9.76. The Hall–Kier alpha value is -6.33. The van der Waals surface area contributed by atoms with Crippen LogP contribution in [0.15, 0.2) is 72.8 Å². The molecule has 17 heteroatoms. The molecule has 4 aliphatic heterocycles. The van der Waals surface area contributed by atoms with Crippen LogP contribution in [-0.4, -0.2) is 84.7 Å². The fraction of sp³-hybridized carbons (Fsp3) is 0.396. The minimum absolute atomic E-state index is 0. The van der Waals surface area contributed by atoms with Crippen molar-refractivity contribution in [2.45, 2.75) is 84.0 Å². The van der Waals surface area contributed by atoms with E-state index in [9.17, 15) is 41.5 Å². The van der Waals surface area contributed by atoms with E-state index >= 15 is 0 Å². The summed E-state index contributed by atoms with van der Waals surface area (Å²) in [4.78, 5) is 66.0. The highest BCUT2D eigenvalue weighted by Crippen LogP contribution is 2.44. The molecule has 0 atom stereocenters. The number of halogens is 4. The summed E-state index contributed by atoms with van der Waals surface area (Å²) in [6.07, 6.45) is 3.97. The van der Waals surface area contributed by atoms with E-state index in [1.54, 1.807) is 17.0 Å². The number of carbonyl (C=O) groups is 5. The molecule has 65 heavy (non-hydrogen) atoms. The number of nitrogens with two attached hydrogens (primary N) is 3. The molecule has 8 N–H and O–H groups in total. The summed E-state index contributed by atoms with van der Waals surface area (Å²) in [7, 11) is 0. The first-order chi connectivity index (χ1) is 30.5. The van der Waals surface area contributed by atoms with E-state index in [-0.39, 0.29) is 67.0 Å². The summed E-state index contributed by atoms with van der Waals surface area (Å²) < 4.78 is 53.5.